The molecule has 1 aromatic rings. The summed E-state index contributed by atoms with van der Waals surface area (Å²) in [5, 5.41) is 3.44. The summed E-state index contributed by atoms with van der Waals surface area (Å²) in [5.41, 5.74) is -0.654. The fraction of sp³-hybridized carbons (Fsp3) is 0.647. The van der Waals surface area contributed by atoms with E-state index in [1.165, 1.54) is 12.1 Å². The molecule has 2 fully saturated rings. The monoisotopic (exact) mass is 344 g/mol. The molecule has 3 rings (SSSR count). The number of rotatable bonds is 4. The topological polar surface area (TPSA) is 33.7 Å². The SMILES string of the molecule is CC1COCCN1C[C@@H]1C[C@@H](Oc2ccc(C(F)(F)F)cc2)CN1. The van der Waals surface area contributed by atoms with Crippen LogP contribution in [0, 0.1) is 0 Å². The van der Waals surface area contributed by atoms with Crippen molar-refractivity contribution >= 4 is 0 Å². The van der Waals surface area contributed by atoms with Crippen molar-refractivity contribution in [3.05, 3.63) is 29.8 Å². The van der Waals surface area contributed by atoms with Crippen molar-refractivity contribution < 1.29 is 22.6 Å². The molecule has 1 N–H and O–H groups in total. The molecule has 24 heavy (non-hydrogen) atoms. The van der Waals surface area contributed by atoms with Gasteiger partial charge in [-0.25, -0.2) is 0 Å². The zero-order chi connectivity index (χ0) is 17.2. The number of hydrogen-bond acceptors (Lipinski definition) is 4. The first-order valence-electron chi connectivity index (χ1n) is 8.31. The normalized spacial score (nSPS) is 28.9. The van der Waals surface area contributed by atoms with Crippen LogP contribution in [0.2, 0.25) is 0 Å². The second kappa shape index (κ2) is 7.29. The largest absolute Gasteiger partial charge is 0.489 e. The lowest BCUT2D eigenvalue weighted by Crippen LogP contribution is -2.48. The molecular weight excluding hydrogens is 321 g/mol. The summed E-state index contributed by atoms with van der Waals surface area (Å²) < 4.78 is 49.0. The van der Waals surface area contributed by atoms with Gasteiger partial charge < -0.3 is 14.8 Å². The molecule has 2 saturated heterocycles. The first kappa shape index (κ1) is 17.5. The molecule has 0 bridgehead atoms. The Labute approximate surface area is 139 Å². The summed E-state index contributed by atoms with van der Waals surface area (Å²) in [5.74, 6) is 0.482. The minimum atomic E-state index is -4.31. The van der Waals surface area contributed by atoms with E-state index in [4.69, 9.17) is 9.47 Å². The zero-order valence-electron chi connectivity index (χ0n) is 13.7. The highest BCUT2D eigenvalue weighted by Crippen LogP contribution is 2.30. The number of ether oxygens (including phenoxy) is 2. The van der Waals surface area contributed by atoms with E-state index in [0.29, 0.717) is 24.4 Å². The number of alkyl halides is 3. The van der Waals surface area contributed by atoms with Gasteiger partial charge in [-0.15, -0.1) is 0 Å². The molecule has 0 aromatic heterocycles. The van der Waals surface area contributed by atoms with Crippen LogP contribution in [-0.2, 0) is 10.9 Å². The van der Waals surface area contributed by atoms with Crippen LogP contribution in [0.15, 0.2) is 24.3 Å². The van der Waals surface area contributed by atoms with E-state index < -0.39 is 11.7 Å². The molecule has 0 radical (unpaired) electrons. The van der Waals surface area contributed by atoms with Gasteiger partial charge >= 0.3 is 6.18 Å². The standard InChI is InChI=1S/C17H23F3N2O2/c1-12-11-23-7-6-22(12)10-14-8-16(9-21-14)24-15-4-2-13(3-5-15)17(18,19)20/h2-5,12,14,16,21H,6-11H2,1H3/t12?,14-,16+/m0/s1. The van der Waals surface area contributed by atoms with Gasteiger partial charge in [0.1, 0.15) is 11.9 Å². The van der Waals surface area contributed by atoms with E-state index in [0.717, 1.165) is 44.9 Å². The number of hydrogen-bond donors (Lipinski definition) is 1. The van der Waals surface area contributed by atoms with Crippen molar-refractivity contribution in [1.29, 1.82) is 0 Å². The van der Waals surface area contributed by atoms with Crippen LogP contribution in [0.4, 0.5) is 13.2 Å². The van der Waals surface area contributed by atoms with Gasteiger partial charge in [0.25, 0.3) is 0 Å². The van der Waals surface area contributed by atoms with E-state index in [9.17, 15) is 13.2 Å². The lowest BCUT2D eigenvalue weighted by molar-refractivity contribution is -0.137. The van der Waals surface area contributed by atoms with Crippen molar-refractivity contribution in [2.24, 2.45) is 0 Å². The summed E-state index contributed by atoms with van der Waals surface area (Å²) >= 11 is 0. The molecule has 0 amide bonds. The average molecular weight is 344 g/mol. The van der Waals surface area contributed by atoms with E-state index in [1.807, 2.05) is 0 Å². The maximum atomic E-state index is 12.6. The third-order valence-electron chi connectivity index (χ3n) is 4.63. The van der Waals surface area contributed by atoms with Crippen LogP contribution in [-0.4, -0.2) is 55.9 Å². The van der Waals surface area contributed by atoms with E-state index >= 15 is 0 Å². The molecule has 0 aliphatic carbocycles. The van der Waals surface area contributed by atoms with Crippen molar-refractivity contribution in [3.63, 3.8) is 0 Å². The van der Waals surface area contributed by atoms with Crippen LogP contribution in [0.25, 0.3) is 0 Å². The quantitative estimate of drug-likeness (QED) is 0.910. The van der Waals surface area contributed by atoms with Gasteiger partial charge in [-0.3, -0.25) is 4.90 Å². The molecule has 4 nitrogen and oxygen atoms in total. The second-order valence-corrected chi connectivity index (χ2v) is 6.52. The van der Waals surface area contributed by atoms with E-state index in [2.05, 4.69) is 17.1 Å². The van der Waals surface area contributed by atoms with E-state index in [1.54, 1.807) is 0 Å². The molecule has 7 heteroatoms. The van der Waals surface area contributed by atoms with Crippen LogP contribution in [0.5, 0.6) is 5.75 Å². The van der Waals surface area contributed by atoms with Gasteiger partial charge in [0.15, 0.2) is 0 Å². The van der Waals surface area contributed by atoms with Crippen LogP contribution < -0.4 is 10.1 Å². The van der Waals surface area contributed by atoms with Crippen LogP contribution in [0.3, 0.4) is 0 Å². The molecular formula is C17H23F3N2O2. The zero-order valence-corrected chi connectivity index (χ0v) is 13.7. The predicted octanol–water partition coefficient (Wildman–Crippen LogP) is 2.54. The van der Waals surface area contributed by atoms with Gasteiger partial charge in [0.2, 0.25) is 0 Å². The molecule has 1 unspecified atom stereocenters. The number of halogens is 3. The lowest BCUT2D eigenvalue weighted by atomic mass is 10.1. The minimum Gasteiger partial charge on any atom is -0.489 e. The van der Waals surface area contributed by atoms with Crippen molar-refractivity contribution in [2.75, 3.05) is 32.8 Å². The van der Waals surface area contributed by atoms with E-state index in [-0.39, 0.29) is 6.10 Å². The summed E-state index contributed by atoms with van der Waals surface area (Å²) in [4.78, 5) is 2.40. The summed E-state index contributed by atoms with van der Waals surface area (Å²) in [7, 11) is 0. The van der Waals surface area contributed by atoms with Gasteiger partial charge in [0.05, 0.1) is 18.8 Å². The Morgan fingerprint density at radius 1 is 1.29 bits per heavy atom. The van der Waals surface area contributed by atoms with Gasteiger partial charge in [-0.2, -0.15) is 13.2 Å². The molecule has 0 saturated carbocycles. The highest BCUT2D eigenvalue weighted by molar-refractivity contribution is 5.29. The summed E-state index contributed by atoms with van der Waals surface area (Å²) in [6.07, 6.45) is -3.47. The fourth-order valence-corrected chi connectivity index (χ4v) is 3.24. The Balaban J connectivity index is 1.49. The Morgan fingerprint density at radius 2 is 2.04 bits per heavy atom. The molecule has 3 atom stereocenters. The lowest BCUT2D eigenvalue weighted by Gasteiger charge is -2.34. The Kier molecular flexibility index (Phi) is 5.32. The van der Waals surface area contributed by atoms with Crippen molar-refractivity contribution in [1.82, 2.24) is 10.2 Å². The smallest absolute Gasteiger partial charge is 0.416 e. The van der Waals surface area contributed by atoms with Crippen LogP contribution >= 0.6 is 0 Å². The number of nitrogens with one attached hydrogen (secondary N) is 1. The molecule has 2 aliphatic heterocycles. The summed E-state index contributed by atoms with van der Waals surface area (Å²) in [6.45, 7) is 6.27. The number of morpholine rings is 1. The third kappa shape index (κ3) is 4.40. The first-order chi connectivity index (χ1) is 11.4. The van der Waals surface area contributed by atoms with Gasteiger partial charge in [-0.1, -0.05) is 0 Å². The molecule has 1 aromatic carbocycles. The maximum absolute atomic E-state index is 12.6. The van der Waals surface area contributed by atoms with Gasteiger partial charge in [-0.05, 0) is 31.2 Å². The second-order valence-electron chi connectivity index (χ2n) is 6.52. The Hall–Kier alpha value is -1.31. The average Bonchev–Trinajstić information content (AvgIpc) is 2.96. The number of nitrogens with zero attached hydrogens (tertiary/aromatic N) is 1. The van der Waals surface area contributed by atoms with Crippen LogP contribution in [0.1, 0.15) is 18.9 Å². The first-order valence-corrected chi connectivity index (χ1v) is 8.31. The maximum Gasteiger partial charge on any atom is 0.416 e. The van der Waals surface area contributed by atoms with Gasteiger partial charge in [0, 0.05) is 38.1 Å². The highest BCUT2D eigenvalue weighted by Gasteiger charge is 2.31. The molecule has 2 aliphatic rings. The Bertz CT molecular complexity index is 536. The highest BCUT2D eigenvalue weighted by atomic mass is 19.4. The molecule has 134 valence electrons. The molecule has 2 heterocycles. The summed E-state index contributed by atoms with van der Waals surface area (Å²) in [6, 6.07) is 5.65. The fourth-order valence-electron chi connectivity index (χ4n) is 3.24. The van der Waals surface area contributed by atoms with Crippen molar-refractivity contribution in [3.8, 4) is 5.75 Å². The van der Waals surface area contributed by atoms with Crippen molar-refractivity contribution in [2.45, 2.75) is 37.7 Å². The third-order valence-corrected chi connectivity index (χ3v) is 4.63. The predicted molar refractivity (Wildman–Crippen MR) is 84.1 cm³/mol. The minimum absolute atomic E-state index is 0.0110. The number of benzene rings is 1. The molecule has 0 spiro atoms. The Morgan fingerprint density at radius 3 is 2.71 bits per heavy atom.